The minimum absolute atomic E-state index is 0.0501. The van der Waals surface area contributed by atoms with Gasteiger partial charge >= 0.3 is 0 Å². The van der Waals surface area contributed by atoms with E-state index in [0.29, 0.717) is 43.8 Å². The first-order chi connectivity index (χ1) is 14.9. The van der Waals surface area contributed by atoms with Crippen LogP contribution in [-0.2, 0) is 22.6 Å². The molecule has 0 spiro atoms. The van der Waals surface area contributed by atoms with Crippen molar-refractivity contribution in [3.8, 4) is 5.88 Å². The van der Waals surface area contributed by atoms with Crippen LogP contribution in [-0.4, -0.2) is 50.4 Å². The number of carbonyl (C=O) groups excluding carboxylic acids is 2. The molecule has 2 aromatic rings. The second-order valence-electron chi connectivity index (χ2n) is 8.77. The quantitative estimate of drug-likeness (QED) is 0.595. The minimum atomic E-state index is -0.589. The molecule has 0 unspecified atom stereocenters. The van der Waals surface area contributed by atoms with E-state index in [0.717, 1.165) is 12.8 Å². The van der Waals surface area contributed by atoms with E-state index in [-0.39, 0.29) is 35.9 Å². The highest BCUT2D eigenvalue weighted by Gasteiger charge is 2.30. The molecule has 0 atom stereocenters. The first-order valence-electron chi connectivity index (χ1n) is 10.9. The van der Waals surface area contributed by atoms with Crippen LogP contribution in [0.1, 0.15) is 55.5 Å². The van der Waals surface area contributed by atoms with Crippen molar-refractivity contribution in [1.82, 2.24) is 24.8 Å². The number of aromatic hydroxyl groups is 1. The van der Waals surface area contributed by atoms with Gasteiger partial charge in [0.1, 0.15) is 5.65 Å². The maximum atomic E-state index is 13.2. The lowest BCUT2D eigenvalue weighted by Gasteiger charge is -2.21. The van der Waals surface area contributed by atoms with Crippen molar-refractivity contribution < 1.29 is 19.4 Å². The second kappa shape index (κ2) is 8.70. The van der Waals surface area contributed by atoms with E-state index in [1.807, 2.05) is 13.8 Å². The van der Waals surface area contributed by atoms with Crippen LogP contribution < -0.4 is 16.2 Å². The summed E-state index contributed by atoms with van der Waals surface area (Å²) in [5, 5.41) is 20.6. The molecular weight excluding hydrogens is 402 g/mol. The zero-order chi connectivity index (χ0) is 22.1. The Hall–Kier alpha value is -2.88. The van der Waals surface area contributed by atoms with Crippen LogP contribution in [0.15, 0.2) is 11.0 Å². The van der Waals surface area contributed by atoms with E-state index >= 15 is 0 Å². The Morgan fingerprint density at radius 1 is 1.26 bits per heavy atom. The van der Waals surface area contributed by atoms with Crippen LogP contribution in [0.25, 0.3) is 5.65 Å². The average molecular weight is 431 g/mol. The number of fused-ring (bicyclic) bond motifs is 1. The third-order valence-corrected chi connectivity index (χ3v) is 5.69. The van der Waals surface area contributed by atoms with Crippen molar-refractivity contribution in [2.24, 2.45) is 11.8 Å². The summed E-state index contributed by atoms with van der Waals surface area (Å²) in [6.07, 6.45) is 4.61. The smallest absolute Gasteiger partial charge is 0.270 e. The number of ether oxygens (including phenoxy) is 1. The first kappa shape index (κ1) is 21.4. The Morgan fingerprint density at radius 2 is 1.97 bits per heavy atom. The summed E-state index contributed by atoms with van der Waals surface area (Å²) in [4.78, 5) is 38.4. The highest BCUT2D eigenvalue weighted by molar-refractivity contribution is 5.96. The van der Waals surface area contributed by atoms with Gasteiger partial charge in [0.05, 0.1) is 6.20 Å². The molecule has 4 rings (SSSR count). The van der Waals surface area contributed by atoms with Crippen molar-refractivity contribution in [3.05, 3.63) is 27.7 Å². The number of amides is 2. The molecule has 3 N–H and O–H groups in total. The Labute approximate surface area is 179 Å². The van der Waals surface area contributed by atoms with Crippen molar-refractivity contribution in [3.63, 3.8) is 0 Å². The van der Waals surface area contributed by atoms with Crippen LogP contribution in [0, 0.1) is 11.8 Å². The minimum Gasteiger partial charge on any atom is -0.492 e. The molecule has 2 aromatic heterocycles. The summed E-state index contributed by atoms with van der Waals surface area (Å²) in [5.41, 5.74) is 0.115. The van der Waals surface area contributed by atoms with Crippen LogP contribution in [0.4, 0.5) is 0 Å². The van der Waals surface area contributed by atoms with Gasteiger partial charge in [-0.2, -0.15) is 9.61 Å². The van der Waals surface area contributed by atoms with Gasteiger partial charge in [0, 0.05) is 43.8 Å². The van der Waals surface area contributed by atoms with Gasteiger partial charge in [-0.15, -0.1) is 0 Å². The third kappa shape index (κ3) is 4.43. The number of rotatable bonds is 7. The SMILES string of the molecule is CC(C)Cn1c(=O)c(C(=O)NC2CC2)c(O)n2ncc(CNC(=O)C3CCOCC3)c12. The maximum absolute atomic E-state index is 13.2. The standard InChI is InChI=1S/C21H29N5O5/c1-12(2)11-25-19-14(9-22-17(27)13-5-7-31-8-6-13)10-23-26(19)21(30)16(20(25)29)18(28)24-15-3-4-15/h10,12-13,15,30H,3-9,11H2,1-2H3,(H,22,27)(H,24,28). The summed E-state index contributed by atoms with van der Waals surface area (Å²) in [6, 6.07) is 0.0501. The lowest BCUT2D eigenvalue weighted by molar-refractivity contribution is -0.128. The molecule has 168 valence electrons. The largest absolute Gasteiger partial charge is 0.492 e. The Bertz CT molecular complexity index is 1050. The molecule has 31 heavy (non-hydrogen) atoms. The summed E-state index contributed by atoms with van der Waals surface area (Å²) in [5.74, 6) is -1.12. The van der Waals surface area contributed by atoms with E-state index < -0.39 is 17.3 Å². The van der Waals surface area contributed by atoms with Gasteiger partial charge in [0.25, 0.3) is 11.5 Å². The first-order valence-corrected chi connectivity index (χ1v) is 10.9. The van der Waals surface area contributed by atoms with Gasteiger partial charge in [-0.25, -0.2) is 0 Å². The molecule has 0 aromatic carbocycles. The zero-order valence-corrected chi connectivity index (χ0v) is 17.9. The molecule has 2 amide bonds. The Kier molecular flexibility index (Phi) is 5.99. The summed E-state index contributed by atoms with van der Waals surface area (Å²) in [7, 11) is 0. The predicted molar refractivity (Wildman–Crippen MR) is 112 cm³/mol. The van der Waals surface area contributed by atoms with E-state index in [9.17, 15) is 19.5 Å². The zero-order valence-electron chi connectivity index (χ0n) is 17.9. The van der Waals surface area contributed by atoms with E-state index in [4.69, 9.17) is 4.74 Å². The molecule has 10 nitrogen and oxygen atoms in total. The fourth-order valence-corrected chi connectivity index (χ4v) is 3.88. The van der Waals surface area contributed by atoms with Crippen molar-refractivity contribution in [2.45, 2.75) is 58.7 Å². The molecule has 2 aliphatic rings. The normalized spacial score (nSPS) is 17.3. The molecule has 0 bridgehead atoms. The Balaban J connectivity index is 1.68. The topological polar surface area (TPSA) is 127 Å². The summed E-state index contributed by atoms with van der Waals surface area (Å²) < 4.78 is 7.98. The fraction of sp³-hybridized carbons (Fsp3) is 0.619. The molecular formula is C21H29N5O5. The van der Waals surface area contributed by atoms with Crippen LogP contribution >= 0.6 is 0 Å². The molecule has 10 heteroatoms. The van der Waals surface area contributed by atoms with Crippen LogP contribution in [0.5, 0.6) is 5.88 Å². The van der Waals surface area contributed by atoms with Gasteiger partial charge in [0.2, 0.25) is 11.8 Å². The second-order valence-corrected chi connectivity index (χ2v) is 8.77. The number of aromatic nitrogens is 3. The monoisotopic (exact) mass is 431 g/mol. The van der Waals surface area contributed by atoms with E-state index in [1.165, 1.54) is 15.3 Å². The number of nitrogens with zero attached hydrogens (tertiary/aromatic N) is 3. The lowest BCUT2D eigenvalue weighted by Crippen LogP contribution is -2.37. The van der Waals surface area contributed by atoms with Crippen LogP contribution in [0.3, 0.4) is 0 Å². The predicted octanol–water partition coefficient (Wildman–Crippen LogP) is 0.793. The highest BCUT2D eigenvalue weighted by atomic mass is 16.5. The third-order valence-electron chi connectivity index (χ3n) is 5.69. The number of nitrogens with one attached hydrogen (secondary N) is 2. The van der Waals surface area contributed by atoms with E-state index in [1.54, 1.807) is 0 Å². The molecule has 2 fully saturated rings. The van der Waals surface area contributed by atoms with Gasteiger partial charge in [0.15, 0.2) is 5.56 Å². The van der Waals surface area contributed by atoms with Gasteiger partial charge in [-0.05, 0) is 31.6 Å². The summed E-state index contributed by atoms with van der Waals surface area (Å²) in [6.45, 7) is 5.58. The molecule has 1 aliphatic heterocycles. The highest BCUT2D eigenvalue weighted by Crippen LogP contribution is 2.23. The molecule has 3 heterocycles. The summed E-state index contributed by atoms with van der Waals surface area (Å²) >= 11 is 0. The molecule has 1 aliphatic carbocycles. The van der Waals surface area contributed by atoms with Crippen molar-refractivity contribution >= 4 is 17.5 Å². The molecule has 1 saturated heterocycles. The number of hydrogen-bond donors (Lipinski definition) is 3. The van der Waals surface area contributed by atoms with Gasteiger partial charge in [-0.3, -0.25) is 19.0 Å². The molecule has 0 radical (unpaired) electrons. The number of hydrogen-bond acceptors (Lipinski definition) is 6. The van der Waals surface area contributed by atoms with Crippen molar-refractivity contribution in [2.75, 3.05) is 13.2 Å². The fourth-order valence-electron chi connectivity index (χ4n) is 3.88. The maximum Gasteiger partial charge on any atom is 0.270 e. The van der Waals surface area contributed by atoms with E-state index in [2.05, 4.69) is 15.7 Å². The lowest BCUT2D eigenvalue weighted by atomic mass is 9.99. The average Bonchev–Trinajstić information content (AvgIpc) is 3.45. The van der Waals surface area contributed by atoms with Gasteiger partial charge < -0.3 is 20.5 Å². The van der Waals surface area contributed by atoms with Crippen LogP contribution in [0.2, 0.25) is 0 Å². The number of carbonyl (C=O) groups is 2. The molecule has 1 saturated carbocycles. The Morgan fingerprint density at radius 3 is 2.61 bits per heavy atom. The van der Waals surface area contributed by atoms with Crippen molar-refractivity contribution in [1.29, 1.82) is 0 Å². The van der Waals surface area contributed by atoms with Gasteiger partial charge in [-0.1, -0.05) is 13.8 Å².